The van der Waals surface area contributed by atoms with Crippen molar-refractivity contribution in [3.8, 4) is 11.5 Å². The lowest BCUT2D eigenvalue weighted by atomic mass is 10.2. The summed E-state index contributed by atoms with van der Waals surface area (Å²) in [7, 11) is 1.67. The molecule has 0 bridgehead atoms. The molecule has 0 aliphatic rings. The minimum absolute atomic E-state index is 0.206. The van der Waals surface area contributed by atoms with Crippen molar-refractivity contribution in [3.05, 3.63) is 24.3 Å². The fourth-order valence-electron chi connectivity index (χ4n) is 1.86. The highest BCUT2D eigenvalue weighted by atomic mass is 16.5. The van der Waals surface area contributed by atoms with E-state index in [0.29, 0.717) is 0 Å². The highest BCUT2D eigenvalue weighted by Gasteiger charge is 2.11. The molecule has 18 heavy (non-hydrogen) atoms. The van der Waals surface area contributed by atoms with E-state index in [1.807, 2.05) is 24.3 Å². The Kier molecular flexibility index (Phi) is 7.26. The minimum atomic E-state index is 0.206. The Morgan fingerprint density at radius 3 is 2.44 bits per heavy atom. The standard InChI is InChI=1S/C15H25NO2/c1-4-8-13(12-16-11-5-2)18-15-10-7-6-9-14(15)17-3/h6-7,9-10,13,16H,4-5,8,11-12H2,1-3H3. The zero-order valence-electron chi connectivity index (χ0n) is 11.7. The van der Waals surface area contributed by atoms with Gasteiger partial charge in [0, 0.05) is 6.54 Å². The second-order valence-electron chi connectivity index (χ2n) is 4.38. The lowest BCUT2D eigenvalue weighted by Gasteiger charge is -2.20. The molecule has 0 aliphatic heterocycles. The second kappa shape index (κ2) is 8.81. The average molecular weight is 251 g/mol. The molecular formula is C15H25NO2. The zero-order valence-corrected chi connectivity index (χ0v) is 11.7. The van der Waals surface area contributed by atoms with Crippen molar-refractivity contribution < 1.29 is 9.47 Å². The molecule has 0 radical (unpaired) electrons. The maximum Gasteiger partial charge on any atom is 0.161 e. The molecule has 1 rings (SSSR count). The first-order chi connectivity index (χ1) is 8.81. The molecule has 0 spiro atoms. The number of nitrogens with one attached hydrogen (secondary N) is 1. The Morgan fingerprint density at radius 1 is 1.11 bits per heavy atom. The largest absolute Gasteiger partial charge is 0.493 e. The van der Waals surface area contributed by atoms with E-state index in [-0.39, 0.29) is 6.10 Å². The van der Waals surface area contributed by atoms with E-state index in [1.54, 1.807) is 7.11 Å². The van der Waals surface area contributed by atoms with Gasteiger partial charge in [-0.1, -0.05) is 32.4 Å². The molecule has 1 aromatic rings. The van der Waals surface area contributed by atoms with Gasteiger partial charge in [-0.25, -0.2) is 0 Å². The molecule has 0 aromatic heterocycles. The molecule has 1 N–H and O–H groups in total. The predicted octanol–water partition coefficient (Wildman–Crippen LogP) is 3.24. The molecule has 102 valence electrons. The zero-order chi connectivity index (χ0) is 13.2. The number of methoxy groups -OCH3 is 1. The fourth-order valence-corrected chi connectivity index (χ4v) is 1.86. The Bertz CT molecular complexity index is 328. The van der Waals surface area contributed by atoms with Crippen LogP contribution in [0.4, 0.5) is 0 Å². The van der Waals surface area contributed by atoms with Crippen LogP contribution < -0.4 is 14.8 Å². The van der Waals surface area contributed by atoms with Crippen LogP contribution >= 0.6 is 0 Å². The van der Waals surface area contributed by atoms with Crippen LogP contribution in [-0.2, 0) is 0 Å². The van der Waals surface area contributed by atoms with Gasteiger partial charge < -0.3 is 14.8 Å². The van der Waals surface area contributed by atoms with Gasteiger partial charge in [-0.3, -0.25) is 0 Å². The molecule has 1 aromatic carbocycles. The first-order valence-electron chi connectivity index (χ1n) is 6.82. The monoisotopic (exact) mass is 251 g/mol. The van der Waals surface area contributed by atoms with E-state index >= 15 is 0 Å². The minimum Gasteiger partial charge on any atom is -0.493 e. The van der Waals surface area contributed by atoms with Crippen LogP contribution in [0.2, 0.25) is 0 Å². The molecule has 0 fully saturated rings. The summed E-state index contributed by atoms with van der Waals surface area (Å²) in [6.45, 7) is 6.27. The third kappa shape index (κ3) is 4.96. The SMILES string of the molecule is CCCNCC(CCC)Oc1ccccc1OC. The van der Waals surface area contributed by atoms with Crippen molar-refractivity contribution in [2.24, 2.45) is 0 Å². The first-order valence-corrected chi connectivity index (χ1v) is 6.82. The van der Waals surface area contributed by atoms with Crippen LogP contribution in [-0.4, -0.2) is 26.3 Å². The van der Waals surface area contributed by atoms with Crippen molar-refractivity contribution in [3.63, 3.8) is 0 Å². The van der Waals surface area contributed by atoms with E-state index in [0.717, 1.165) is 43.9 Å². The Balaban J connectivity index is 2.58. The lowest BCUT2D eigenvalue weighted by Crippen LogP contribution is -2.31. The van der Waals surface area contributed by atoms with Gasteiger partial charge in [0.05, 0.1) is 7.11 Å². The summed E-state index contributed by atoms with van der Waals surface area (Å²) in [4.78, 5) is 0. The topological polar surface area (TPSA) is 30.5 Å². The van der Waals surface area contributed by atoms with E-state index < -0.39 is 0 Å². The quantitative estimate of drug-likeness (QED) is 0.683. The van der Waals surface area contributed by atoms with Crippen LogP contribution in [0.5, 0.6) is 11.5 Å². The normalized spacial score (nSPS) is 12.2. The summed E-state index contributed by atoms with van der Waals surface area (Å²) in [6.07, 6.45) is 3.52. The Morgan fingerprint density at radius 2 is 1.83 bits per heavy atom. The molecule has 1 atom stereocenters. The number of hydrogen-bond donors (Lipinski definition) is 1. The average Bonchev–Trinajstić information content (AvgIpc) is 2.40. The van der Waals surface area contributed by atoms with Crippen molar-refractivity contribution >= 4 is 0 Å². The van der Waals surface area contributed by atoms with Crippen LogP contribution in [0.15, 0.2) is 24.3 Å². The highest BCUT2D eigenvalue weighted by Crippen LogP contribution is 2.27. The summed E-state index contributed by atoms with van der Waals surface area (Å²) in [6, 6.07) is 7.81. The van der Waals surface area contributed by atoms with E-state index in [2.05, 4.69) is 19.2 Å². The van der Waals surface area contributed by atoms with Crippen LogP contribution in [0.1, 0.15) is 33.1 Å². The van der Waals surface area contributed by atoms with Crippen LogP contribution in [0.25, 0.3) is 0 Å². The van der Waals surface area contributed by atoms with Crippen molar-refractivity contribution in [2.45, 2.75) is 39.2 Å². The van der Waals surface area contributed by atoms with Gasteiger partial charge in [0.2, 0.25) is 0 Å². The number of rotatable bonds is 9. The Labute approximate surface area is 110 Å². The van der Waals surface area contributed by atoms with Gasteiger partial charge in [-0.15, -0.1) is 0 Å². The Hall–Kier alpha value is -1.22. The number of ether oxygens (including phenoxy) is 2. The molecule has 0 heterocycles. The molecule has 0 saturated carbocycles. The van der Waals surface area contributed by atoms with Gasteiger partial charge in [-0.05, 0) is 31.5 Å². The molecule has 0 amide bonds. The van der Waals surface area contributed by atoms with E-state index in [1.165, 1.54) is 0 Å². The third-order valence-corrected chi connectivity index (χ3v) is 2.77. The van der Waals surface area contributed by atoms with Crippen LogP contribution in [0.3, 0.4) is 0 Å². The summed E-state index contributed by atoms with van der Waals surface area (Å²) < 4.78 is 11.3. The van der Waals surface area contributed by atoms with E-state index in [9.17, 15) is 0 Å². The molecule has 0 aliphatic carbocycles. The van der Waals surface area contributed by atoms with E-state index in [4.69, 9.17) is 9.47 Å². The molecule has 1 unspecified atom stereocenters. The summed E-state index contributed by atoms with van der Waals surface area (Å²) in [5.41, 5.74) is 0. The number of hydrogen-bond acceptors (Lipinski definition) is 3. The van der Waals surface area contributed by atoms with Crippen molar-refractivity contribution in [2.75, 3.05) is 20.2 Å². The summed E-state index contributed by atoms with van der Waals surface area (Å²) >= 11 is 0. The molecular weight excluding hydrogens is 226 g/mol. The predicted molar refractivity (Wildman–Crippen MR) is 75.5 cm³/mol. The summed E-state index contributed by atoms with van der Waals surface area (Å²) in [5, 5.41) is 3.41. The first kappa shape index (κ1) is 14.8. The maximum absolute atomic E-state index is 6.04. The smallest absolute Gasteiger partial charge is 0.161 e. The summed E-state index contributed by atoms with van der Waals surface area (Å²) in [5.74, 6) is 1.63. The molecule has 3 nitrogen and oxygen atoms in total. The van der Waals surface area contributed by atoms with Gasteiger partial charge in [0.1, 0.15) is 6.10 Å². The fraction of sp³-hybridized carbons (Fsp3) is 0.600. The maximum atomic E-state index is 6.04. The molecule has 3 heteroatoms. The van der Waals surface area contributed by atoms with Crippen molar-refractivity contribution in [1.29, 1.82) is 0 Å². The number of benzene rings is 1. The van der Waals surface area contributed by atoms with Gasteiger partial charge >= 0.3 is 0 Å². The van der Waals surface area contributed by atoms with Crippen molar-refractivity contribution in [1.82, 2.24) is 5.32 Å². The molecule has 0 saturated heterocycles. The van der Waals surface area contributed by atoms with Gasteiger partial charge in [-0.2, -0.15) is 0 Å². The lowest BCUT2D eigenvalue weighted by molar-refractivity contribution is 0.179. The number of para-hydroxylation sites is 2. The van der Waals surface area contributed by atoms with Crippen LogP contribution in [0, 0.1) is 0 Å². The highest BCUT2D eigenvalue weighted by molar-refractivity contribution is 5.39. The van der Waals surface area contributed by atoms with Gasteiger partial charge in [0.15, 0.2) is 11.5 Å². The third-order valence-electron chi connectivity index (χ3n) is 2.77. The second-order valence-corrected chi connectivity index (χ2v) is 4.38. The van der Waals surface area contributed by atoms with Gasteiger partial charge in [0.25, 0.3) is 0 Å².